The molecule has 0 saturated heterocycles. The maximum atomic E-state index is 11.6. The van der Waals surface area contributed by atoms with E-state index in [9.17, 15) is 13.2 Å². The minimum absolute atomic E-state index is 0.646. The van der Waals surface area contributed by atoms with Crippen LogP contribution >= 0.6 is 0 Å². The van der Waals surface area contributed by atoms with E-state index in [0.29, 0.717) is 5.56 Å². The molecule has 0 radical (unpaired) electrons. The molecule has 0 unspecified atom stereocenters. The molecule has 1 aliphatic rings. The second-order valence-electron chi connectivity index (χ2n) is 4.38. The molecule has 0 heterocycles. The van der Waals surface area contributed by atoms with E-state index in [2.05, 4.69) is 0 Å². The van der Waals surface area contributed by atoms with E-state index < -0.39 is 32.5 Å². The molecule has 17 heavy (non-hydrogen) atoms. The summed E-state index contributed by atoms with van der Waals surface area (Å²) in [5, 5.41) is 8.04. The van der Waals surface area contributed by atoms with Crippen LogP contribution in [0.3, 0.4) is 0 Å². The first-order chi connectivity index (χ1) is 7.79. The maximum Gasteiger partial charge on any atom is 0.325 e. The van der Waals surface area contributed by atoms with Crippen LogP contribution in [-0.2, 0) is 14.6 Å². The zero-order valence-corrected chi connectivity index (χ0v) is 10.0. The van der Waals surface area contributed by atoms with Crippen LogP contribution in [0.25, 0.3) is 0 Å². The van der Waals surface area contributed by atoms with Gasteiger partial charge in [-0.25, -0.2) is 8.42 Å². The molecule has 2 rings (SSSR count). The van der Waals surface area contributed by atoms with Gasteiger partial charge < -0.3 is 10.8 Å². The molecule has 5 nitrogen and oxygen atoms in total. The quantitative estimate of drug-likeness (QED) is 0.791. The van der Waals surface area contributed by atoms with Crippen molar-refractivity contribution in [2.24, 2.45) is 5.73 Å². The van der Waals surface area contributed by atoms with Crippen molar-refractivity contribution < 1.29 is 18.3 Å². The van der Waals surface area contributed by atoms with E-state index >= 15 is 0 Å². The highest BCUT2D eigenvalue weighted by molar-refractivity contribution is 7.91. The van der Waals surface area contributed by atoms with Gasteiger partial charge in [-0.2, -0.15) is 0 Å². The fourth-order valence-corrected chi connectivity index (χ4v) is 4.10. The number of carboxylic acid groups (broad SMARTS) is 1. The number of rotatable bonds is 3. The van der Waals surface area contributed by atoms with E-state index in [0.717, 1.165) is 6.26 Å². The van der Waals surface area contributed by atoms with Gasteiger partial charge in [-0.05, 0) is 5.56 Å². The third-order valence-electron chi connectivity index (χ3n) is 3.17. The van der Waals surface area contributed by atoms with E-state index in [1.54, 1.807) is 30.3 Å². The van der Waals surface area contributed by atoms with Crippen molar-refractivity contribution in [2.45, 2.75) is 16.7 Å². The van der Waals surface area contributed by atoms with Crippen molar-refractivity contribution in [3.8, 4) is 0 Å². The standard InChI is InChI=1S/C11H13NO4S/c1-17(15,16)9-8(11(9,12)10(13)14)7-5-3-2-4-6-7/h2-6,8-9H,12H2,1H3,(H,13,14)/t8-,9+,11+/m1/s1. The molecule has 1 aliphatic carbocycles. The predicted octanol–water partition coefficient (Wildman–Crippen LogP) is -0.0209. The topological polar surface area (TPSA) is 97.5 Å². The largest absolute Gasteiger partial charge is 0.480 e. The van der Waals surface area contributed by atoms with E-state index in [1.807, 2.05) is 0 Å². The molecule has 0 amide bonds. The second-order valence-corrected chi connectivity index (χ2v) is 6.54. The smallest absolute Gasteiger partial charge is 0.325 e. The van der Waals surface area contributed by atoms with Crippen LogP contribution in [0.1, 0.15) is 11.5 Å². The lowest BCUT2D eigenvalue weighted by Crippen LogP contribution is -2.39. The first-order valence-electron chi connectivity index (χ1n) is 5.05. The van der Waals surface area contributed by atoms with Crippen LogP contribution in [0.5, 0.6) is 0 Å². The van der Waals surface area contributed by atoms with Crippen molar-refractivity contribution >= 4 is 15.8 Å². The Morgan fingerprint density at radius 3 is 2.24 bits per heavy atom. The van der Waals surface area contributed by atoms with Gasteiger partial charge in [0, 0.05) is 12.2 Å². The average molecular weight is 255 g/mol. The molecule has 1 aromatic carbocycles. The molecule has 1 saturated carbocycles. The van der Waals surface area contributed by atoms with Gasteiger partial charge in [-0.15, -0.1) is 0 Å². The first-order valence-corrected chi connectivity index (χ1v) is 7.01. The number of hydrogen-bond acceptors (Lipinski definition) is 4. The Balaban J connectivity index is 2.46. The van der Waals surface area contributed by atoms with Crippen LogP contribution < -0.4 is 5.73 Å². The number of hydrogen-bond donors (Lipinski definition) is 2. The van der Waals surface area contributed by atoms with E-state index in [4.69, 9.17) is 10.8 Å². The Morgan fingerprint density at radius 1 is 1.35 bits per heavy atom. The molecular weight excluding hydrogens is 242 g/mol. The Labute approximate surface area is 99.2 Å². The molecule has 92 valence electrons. The van der Waals surface area contributed by atoms with Crippen LogP contribution in [-0.4, -0.2) is 36.5 Å². The lowest BCUT2D eigenvalue weighted by atomic mass is 10.1. The number of sulfone groups is 1. The molecule has 0 aromatic heterocycles. The average Bonchev–Trinajstić information content (AvgIpc) is 2.88. The summed E-state index contributed by atoms with van der Waals surface area (Å²) in [7, 11) is -3.49. The van der Waals surface area contributed by atoms with E-state index in [-0.39, 0.29) is 0 Å². The molecule has 3 N–H and O–H groups in total. The van der Waals surface area contributed by atoms with Crippen molar-refractivity contribution in [2.75, 3.05) is 6.26 Å². The lowest BCUT2D eigenvalue weighted by molar-refractivity contribution is -0.139. The Bertz CT molecular complexity index is 554. The Kier molecular flexibility index (Phi) is 2.52. The summed E-state index contributed by atoms with van der Waals surface area (Å²) in [6.45, 7) is 0. The highest BCUT2D eigenvalue weighted by atomic mass is 32.2. The van der Waals surface area contributed by atoms with Crippen molar-refractivity contribution in [1.29, 1.82) is 0 Å². The van der Waals surface area contributed by atoms with Gasteiger partial charge in [0.05, 0.1) is 5.25 Å². The molecule has 1 aromatic rings. The fraction of sp³-hybridized carbons (Fsp3) is 0.364. The normalized spacial score (nSPS) is 32.1. The molecule has 6 heteroatoms. The SMILES string of the molecule is CS(=O)(=O)[C@H]1[C@@H](c2ccccc2)[C@@]1(N)C(=O)O. The fourth-order valence-electron chi connectivity index (χ4n) is 2.34. The minimum Gasteiger partial charge on any atom is -0.480 e. The highest BCUT2D eigenvalue weighted by Gasteiger charge is 2.73. The first kappa shape index (κ1) is 12.1. The van der Waals surface area contributed by atoms with Crippen LogP contribution in [0.4, 0.5) is 0 Å². The molecule has 0 aliphatic heterocycles. The van der Waals surface area contributed by atoms with E-state index in [1.165, 1.54) is 0 Å². The van der Waals surface area contributed by atoms with Gasteiger partial charge in [0.25, 0.3) is 0 Å². The number of nitrogens with two attached hydrogens (primary N) is 1. The Hall–Kier alpha value is -1.40. The van der Waals surface area contributed by atoms with Crippen molar-refractivity contribution in [3.05, 3.63) is 35.9 Å². The maximum absolute atomic E-state index is 11.6. The van der Waals surface area contributed by atoms with Gasteiger partial charge in [0.15, 0.2) is 9.84 Å². The number of carbonyl (C=O) groups is 1. The van der Waals surface area contributed by atoms with Gasteiger partial charge >= 0.3 is 5.97 Å². The van der Waals surface area contributed by atoms with Gasteiger partial charge in [-0.1, -0.05) is 30.3 Å². The summed E-state index contributed by atoms with van der Waals surface area (Å²) in [6.07, 6.45) is 1.02. The number of carboxylic acids is 1. The van der Waals surface area contributed by atoms with Crippen LogP contribution in [0, 0.1) is 0 Å². The molecule has 3 atom stereocenters. The molecular formula is C11H13NO4S. The van der Waals surface area contributed by atoms with Gasteiger partial charge in [0.2, 0.25) is 0 Å². The highest BCUT2D eigenvalue weighted by Crippen LogP contribution is 2.53. The minimum atomic E-state index is -3.49. The van der Waals surface area contributed by atoms with Crippen molar-refractivity contribution in [1.82, 2.24) is 0 Å². The van der Waals surface area contributed by atoms with Crippen molar-refractivity contribution in [3.63, 3.8) is 0 Å². The zero-order chi connectivity index (χ0) is 12.8. The predicted molar refractivity (Wildman–Crippen MR) is 62.4 cm³/mol. The zero-order valence-electron chi connectivity index (χ0n) is 9.20. The monoisotopic (exact) mass is 255 g/mol. The summed E-state index contributed by atoms with van der Waals surface area (Å²) in [5.74, 6) is -1.95. The number of benzene rings is 1. The Morgan fingerprint density at radius 2 is 1.88 bits per heavy atom. The van der Waals surface area contributed by atoms with Crippen LogP contribution in [0.2, 0.25) is 0 Å². The second kappa shape index (κ2) is 3.54. The third kappa shape index (κ3) is 1.73. The summed E-state index contributed by atoms with van der Waals surface area (Å²) in [6, 6.07) is 8.63. The summed E-state index contributed by atoms with van der Waals surface area (Å²) in [5.41, 5.74) is 4.66. The lowest BCUT2D eigenvalue weighted by Gasteiger charge is -2.04. The molecule has 0 bridgehead atoms. The number of aliphatic carboxylic acids is 1. The summed E-state index contributed by atoms with van der Waals surface area (Å²) >= 11 is 0. The molecule has 0 spiro atoms. The third-order valence-corrected chi connectivity index (χ3v) is 4.75. The summed E-state index contributed by atoms with van der Waals surface area (Å²) < 4.78 is 23.1. The van der Waals surface area contributed by atoms with Gasteiger partial charge in [0.1, 0.15) is 5.54 Å². The summed E-state index contributed by atoms with van der Waals surface area (Å²) in [4.78, 5) is 11.1. The van der Waals surface area contributed by atoms with Gasteiger partial charge in [-0.3, -0.25) is 4.79 Å². The molecule has 1 fully saturated rings. The van der Waals surface area contributed by atoms with Crippen LogP contribution in [0.15, 0.2) is 30.3 Å².